The third-order valence-corrected chi connectivity index (χ3v) is 2.14. The van der Waals surface area contributed by atoms with Crippen LogP contribution in [0.4, 0.5) is 0 Å². The summed E-state index contributed by atoms with van der Waals surface area (Å²) in [5.74, 6) is -2.68. The van der Waals surface area contributed by atoms with Crippen LogP contribution in [-0.2, 0) is 9.59 Å². The summed E-state index contributed by atoms with van der Waals surface area (Å²) in [5, 5.41) is 8.69. The Kier molecular flexibility index (Phi) is 5.36. The Bertz CT molecular complexity index is 272. The van der Waals surface area contributed by atoms with Crippen LogP contribution in [-0.4, -0.2) is 22.9 Å². The van der Waals surface area contributed by atoms with Crippen LogP contribution in [0.5, 0.6) is 0 Å². The predicted octanol–water partition coefficient (Wildman–Crippen LogP) is -0.0766. The van der Waals surface area contributed by atoms with Crippen LogP contribution in [0.15, 0.2) is 4.99 Å². The number of hydrogen-bond donors (Lipinski definition) is 3. The number of rotatable bonds is 5. The maximum atomic E-state index is 11.4. The van der Waals surface area contributed by atoms with E-state index in [0.717, 1.165) is 0 Å². The van der Waals surface area contributed by atoms with Gasteiger partial charge in [-0.25, -0.2) is 0 Å². The standard InChI is InChI=1S/C9H17N3O3/c1-3-6(4-5(2)8(14)15)7(13)12-9(10)11/h5-6H,3-4H2,1-2H3,(H,14,15)(H4,10,11,12,13). The summed E-state index contributed by atoms with van der Waals surface area (Å²) in [5.41, 5.74) is 10.1. The number of nitrogens with zero attached hydrogens (tertiary/aromatic N) is 1. The fraction of sp³-hybridized carbons (Fsp3) is 0.667. The minimum absolute atomic E-state index is 0.251. The maximum absolute atomic E-state index is 11.4. The van der Waals surface area contributed by atoms with Crippen molar-refractivity contribution in [1.82, 2.24) is 0 Å². The van der Waals surface area contributed by atoms with Gasteiger partial charge < -0.3 is 16.6 Å². The maximum Gasteiger partial charge on any atom is 0.306 e. The van der Waals surface area contributed by atoms with E-state index >= 15 is 0 Å². The topological polar surface area (TPSA) is 119 Å². The third kappa shape index (κ3) is 4.99. The van der Waals surface area contributed by atoms with Gasteiger partial charge in [-0.2, -0.15) is 4.99 Å². The molecule has 5 N–H and O–H groups in total. The lowest BCUT2D eigenvalue weighted by molar-refractivity contribution is -0.141. The number of aliphatic carboxylic acids is 1. The molecule has 0 rings (SSSR count). The molecule has 0 radical (unpaired) electrons. The molecule has 15 heavy (non-hydrogen) atoms. The molecule has 6 heteroatoms. The van der Waals surface area contributed by atoms with Crippen molar-refractivity contribution < 1.29 is 14.7 Å². The molecule has 6 nitrogen and oxygen atoms in total. The number of carbonyl (C=O) groups excluding carboxylic acids is 1. The van der Waals surface area contributed by atoms with E-state index in [2.05, 4.69) is 4.99 Å². The smallest absolute Gasteiger partial charge is 0.306 e. The fourth-order valence-electron chi connectivity index (χ4n) is 1.19. The number of carboxylic acid groups (broad SMARTS) is 1. The molecule has 86 valence electrons. The van der Waals surface area contributed by atoms with E-state index in [-0.39, 0.29) is 12.4 Å². The van der Waals surface area contributed by atoms with Crippen molar-refractivity contribution in [2.75, 3.05) is 0 Å². The van der Waals surface area contributed by atoms with Crippen molar-refractivity contribution in [1.29, 1.82) is 0 Å². The van der Waals surface area contributed by atoms with E-state index < -0.39 is 23.7 Å². The largest absolute Gasteiger partial charge is 0.481 e. The van der Waals surface area contributed by atoms with Gasteiger partial charge in [0.05, 0.1) is 5.92 Å². The summed E-state index contributed by atoms with van der Waals surface area (Å²) in [6, 6.07) is 0. The van der Waals surface area contributed by atoms with Gasteiger partial charge in [0.25, 0.3) is 5.91 Å². The van der Waals surface area contributed by atoms with E-state index in [1.54, 1.807) is 13.8 Å². The number of amides is 1. The first-order valence-electron chi connectivity index (χ1n) is 4.74. The van der Waals surface area contributed by atoms with E-state index in [4.69, 9.17) is 16.6 Å². The quantitative estimate of drug-likeness (QED) is 0.438. The zero-order valence-corrected chi connectivity index (χ0v) is 8.93. The SMILES string of the molecule is CCC(CC(C)C(=O)O)C(=O)N=C(N)N. The number of aliphatic imine (C=N–C) groups is 1. The summed E-state index contributed by atoms with van der Waals surface area (Å²) in [6.45, 7) is 3.34. The molecule has 0 saturated heterocycles. The lowest BCUT2D eigenvalue weighted by Crippen LogP contribution is -2.27. The lowest BCUT2D eigenvalue weighted by atomic mass is 9.93. The van der Waals surface area contributed by atoms with Crippen LogP contribution in [0, 0.1) is 11.8 Å². The van der Waals surface area contributed by atoms with Gasteiger partial charge in [0.15, 0.2) is 5.96 Å². The van der Waals surface area contributed by atoms with Gasteiger partial charge in [-0.1, -0.05) is 13.8 Å². The number of carbonyl (C=O) groups is 2. The van der Waals surface area contributed by atoms with E-state index in [1.165, 1.54) is 0 Å². The number of carboxylic acids is 1. The van der Waals surface area contributed by atoms with Crippen LogP contribution in [0.25, 0.3) is 0 Å². The first-order chi connectivity index (χ1) is 6.88. The molecular formula is C9H17N3O3. The first-order valence-corrected chi connectivity index (χ1v) is 4.74. The van der Waals surface area contributed by atoms with Crippen molar-refractivity contribution in [2.24, 2.45) is 28.3 Å². The second kappa shape index (κ2) is 6.00. The van der Waals surface area contributed by atoms with Crippen molar-refractivity contribution in [3.8, 4) is 0 Å². The minimum Gasteiger partial charge on any atom is -0.481 e. The average Bonchev–Trinajstić information content (AvgIpc) is 2.11. The molecule has 0 bridgehead atoms. The zero-order chi connectivity index (χ0) is 12.0. The Hall–Kier alpha value is -1.59. The minimum atomic E-state index is -0.925. The van der Waals surface area contributed by atoms with Crippen LogP contribution < -0.4 is 11.5 Å². The third-order valence-electron chi connectivity index (χ3n) is 2.14. The zero-order valence-electron chi connectivity index (χ0n) is 8.93. The Morgan fingerprint density at radius 1 is 1.40 bits per heavy atom. The fourth-order valence-corrected chi connectivity index (χ4v) is 1.19. The van der Waals surface area contributed by atoms with Crippen LogP contribution in [0.3, 0.4) is 0 Å². The van der Waals surface area contributed by atoms with Crippen molar-refractivity contribution >= 4 is 17.8 Å². The van der Waals surface area contributed by atoms with Crippen molar-refractivity contribution in [3.63, 3.8) is 0 Å². The Labute approximate surface area is 88.4 Å². The predicted molar refractivity (Wildman–Crippen MR) is 56.0 cm³/mol. The Morgan fingerprint density at radius 2 is 1.93 bits per heavy atom. The monoisotopic (exact) mass is 215 g/mol. The second-order valence-electron chi connectivity index (χ2n) is 3.46. The molecule has 0 spiro atoms. The van der Waals surface area contributed by atoms with Gasteiger partial charge in [0.2, 0.25) is 0 Å². The van der Waals surface area contributed by atoms with Gasteiger partial charge in [0.1, 0.15) is 0 Å². The van der Waals surface area contributed by atoms with Gasteiger partial charge >= 0.3 is 5.97 Å². The van der Waals surface area contributed by atoms with Gasteiger partial charge in [0, 0.05) is 5.92 Å². The highest BCUT2D eigenvalue weighted by molar-refractivity contribution is 5.92. The molecule has 0 saturated carbocycles. The highest BCUT2D eigenvalue weighted by Crippen LogP contribution is 2.17. The molecule has 0 aliphatic carbocycles. The molecule has 0 aliphatic rings. The normalized spacial score (nSPS) is 14.0. The molecule has 2 unspecified atom stereocenters. The van der Waals surface area contributed by atoms with Gasteiger partial charge in [-0.3, -0.25) is 9.59 Å². The lowest BCUT2D eigenvalue weighted by Gasteiger charge is -2.13. The Morgan fingerprint density at radius 3 is 2.27 bits per heavy atom. The number of guanidine groups is 1. The molecule has 1 amide bonds. The number of nitrogens with two attached hydrogens (primary N) is 2. The van der Waals surface area contributed by atoms with Crippen molar-refractivity contribution in [2.45, 2.75) is 26.7 Å². The second-order valence-corrected chi connectivity index (χ2v) is 3.46. The van der Waals surface area contributed by atoms with E-state index in [0.29, 0.717) is 6.42 Å². The average molecular weight is 215 g/mol. The van der Waals surface area contributed by atoms with E-state index in [1.807, 2.05) is 0 Å². The van der Waals surface area contributed by atoms with Gasteiger partial charge in [-0.05, 0) is 12.8 Å². The first kappa shape index (κ1) is 13.4. The molecular weight excluding hydrogens is 198 g/mol. The summed E-state index contributed by atoms with van der Waals surface area (Å²) < 4.78 is 0. The molecule has 0 heterocycles. The molecule has 0 aromatic heterocycles. The van der Waals surface area contributed by atoms with E-state index in [9.17, 15) is 9.59 Å². The molecule has 0 aromatic carbocycles. The summed E-state index contributed by atoms with van der Waals surface area (Å²) in [7, 11) is 0. The highest BCUT2D eigenvalue weighted by atomic mass is 16.4. The highest BCUT2D eigenvalue weighted by Gasteiger charge is 2.22. The summed E-state index contributed by atoms with van der Waals surface area (Å²) >= 11 is 0. The Balaban J connectivity index is 4.44. The molecule has 0 aromatic rings. The molecule has 0 fully saturated rings. The van der Waals surface area contributed by atoms with Gasteiger partial charge in [-0.15, -0.1) is 0 Å². The number of hydrogen-bond acceptors (Lipinski definition) is 2. The van der Waals surface area contributed by atoms with Crippen molar-refractivity contribution in [3.05, 3.63) is 0 Å². The van der Waals surface area contributed by atoms with Crippen LogP contribution in [0.2, 0.25) is 0 Å². The van der Waals surface area contributed by atoms with Crippen LogP contribution >= 0.6 is 0 Å². The molecule has 0 aliphatic heterocycles. The molecule has 2 atom stereocenters. The van der Waals surface area contributed by atoms with Crippen LogP contribution in [0.1, 0.15) is 26.7 Å². The summed E-state index contributed by atoms with van der Waals surface area (Å²) in [4.78, 5) is 25.4. The summed E-state index contributed by atoms with van der Waals surface area (Å²) in [6.07, 6.45) is 0.773.